The lowest BCUT2D eigenvalue weighted by atomic mass is 10.1. The second-order valence-electron chi connectivity index (χ2n) is 4.28. The summed E-state index contributed by atoms with van der Waals surface area (Å²) in [5.74, 6) is -0.118. The number of carbonyl (C=O) groups is 1. The van der Waals surface area contributed by atoms with Crippen molar-refractivity contribution in [3.05, 3.63) is 59.5 Å². The van der Waals surface area contributed by atoms with Gasteiger partial charge in [0.25, 0.3) is 0 Å². The molecule has 0 atom stereocenters. The highest BCUT2D eigenvalue weighted by Crippen LogP contribution is 2.12. The molecule has 1 aromatic carbocycles. The van der Waals surface area contributed by atoms with Crippen LogP contribution >= 0.6 is 0 Å². The van der Waals surface area contributed by atoms with E-state index in [2.05, 4.69) is 4.98 Å². The Bertz CT molecular complexity index is 662. The number of hydrogen-bond donors (Lipinski definition) is 0. The number of hydrogen-bond acceptors (Lipinski definition) is 3. The summed E-state index contributed by atoms with van der Waals surface area (Å²) in [5, 5.41) is 8.69. The summed E-state index contributed by atoms with van der Waals surface area (Å²) in [6.45, 7) is 0. The fourth-order valence-corrected chi connectivity index (χ4v) is 1.72. The van der Waals surface area contributed by atoms with Crippen molar-refractivity contribution in [1.29, 1.82) is 5.26 Å². The van der Waals surface area contributed by atoms with Gasteiger partial charge in [-0.3, -0.25) is 9.69 Å². The molecule has 0 aliphatic carbocycles. The third kappa shape index (κ3) is 3.18. The van der Waals surface area contributed by atoms with Crippen LogP contribution in [0, 0.1) is 17.1 Å². The number of likely N-dealkylation sites (N-methyl/N-ethyl adjacent to an activating group) is 1. The molecular formula is C15H12FN3O. The molecule has 1 heterocycles. The Balaban J connectivity index is 2.10. The minimum atomic E-state index is -0.366. The Morgan fingerprint density at radius 1 is 1.40 bits per heavy atom. The number of rotatable bonds is 3. The van der Waals surface area contributed by atoms with Gasteiger partial charge in [-0.15, -0.1) is 0 Å². The van der Waals surface area contributed by atoms with E-state index >= 15 is 0 Å². The minimum Gasteiger partial charge on any atom is -0.300 e. The molecule has 5 heteroatoms. The maximum atomic E-state index is 13.1. The standard InChI is InChI=1S/C15H12FN3O/c1-19(14-6-5-12(9-17)10-18-14)15(20)8-11-3-2-4-13(16)7-11/h2-7,10H,8H2,1H3. The highest BCUT2D eigenvalue weighted by atomic mass is 19.1. The fraction of sp³-hybridized carbons (Fsp3) is 0.133. The summed E-state index contributed by atoms with van der Waals surface area (Å²) in [6.07, 6.45) is 1.50. The third-order valence-corrected chi connectivity index (χ3v) is 2.84. The zero-order valence-corrected chi connectivity index (χ0v) is 10.9. The minimum absolute atomic E-state index is 0.0932. The van der Waals surface area contributed by atoms with Gasteiger partial charge in [-0.25, -0.2) is 9.37 Å². The second-order valence-corrected chi connectivity index (χ2v) is 4.28. The first kappa shape index (κ1) is 13.7. The van der Waals surface area contributed by atoms with E-state index < -0.39 is 0 Å². The first-order valence-corrected chi connectivity index (χ1v) is 5.97. The summed E-state index contributed by atoms with van der Waals surface area (Å²) < 4.78 is 13.1. The van der Waals surface area contributed by atoms with Crippen molar-refractivity contribution in [3.63, 3.8) is 0 Å². The summed E-state index contributed by atoms with van der Waals surface area (Å²) in [6, 6.07) is 11.1. The molecule has 0 spiro atoms. The summed E-state index contributed by atoms with van der Waals surface area (Å²) >= 11 is 0. The Morgan fingerprint density at radius 2 is 2.20 bits per heavy atom. The van der Waals surface area contributed by atoms with E-state index in [1.165, 1.54) is 23.2 Å². The molecule has 100 valence electrons. The van der Waals surface area contributed by atoms with Crippen LogP contribution < -0.4 is 4.90 Å². The van der Waals surface area contributed by atoms with Crippen LogP contribution in [0.2, 0.25) is 0 Å². The smallest absolute Gasteiger partial charge is 0.232 e. The normalized spacial score (nSPS) is 9.85. The van der Waals surface area contributed by atoms with Gasteiger partial charge in [0, 0.05) is 13.2 Å². The van der Waals surface area contributed by atoms with Crippen molar-refractivity contribution in [2.24, 2.45) is 0 Å². The molecule has 1 aromatic heterocycles. The predicted octanol–water partition coefficient (Wildman–Crippen LogP) is 2.30. The molecule has 20 heavy (non-hydrogen) atoms. The topological polar surface area (TPSA) is 57.0 Å². The zero-order chi connectivity index (χ0) is 14.5. The van der Waals surface area contributed by atoms with Gasteiger partial charge in [-0.1, -0.05) is 12.1 Å². The van der Waals surface area contributed by atoms with Crippen molar-refractivity contribution in [2.75, 3.05) is 11.9 Å². The number of halogens is 1. The Hall–Kier alpha value is -2.74. The number of pyridine rings is 1. The Kier molecular flexibility index (Phi) is 4.06. The van der Waals surface area contributed by atoms with E-state index in [1.807, 2.05) is 6.07 Å². The van der Waals surface area contributed by atoms with Crippen molar-refractivity contribution in [1.82, 2.24) is 4.98 Å². The molecule has 0 aliphatic heterocycles. The van der Waals surface area contributed by atoms with Crippen molar-refractivity contribution in [3.8, 4) is 6.07 Å². The van der Waals surface area contributed by atoms with Crippen LogP contribution in [-0.4, -0.2) is 17.9 Å². The molecule has 0 unspecified atom stereocenters. The molecule has 2 aromatic rings. The monoisotopic (exact) mass is 269 g/mol. The number of anilines is 1. The molecule has 0 fully saturated rings. The number of carbonyl (C=O) groups excluding carboxylic acids is 1. The molecular weight excluding hydrogens is 257 g/mol. The molecule has 0 bridgehead atoms. The lowest BCUT2D eigenvalue weighted by molar-refractivity contribution is -0.117. The highest BCUT2D eigenvalue weighted by molar-refractivity contribution is 5.93. The number of aromatic nitrogens is 1. The maximum absolute atomic E-state index is 13.1. The summed E-state index contributed by atoms with van der Waals surface area (Å²) in [5.41, 5.74) is 1.04. The van der Waals surface area contributed by atoms with Gasteiger partial charge >= 0.3 is 0 Å². The molecule has 0 saturated carbocycles. The van der Waals surface area contributed by atoms with Crippen LogP contribution in [0.25, 0.3) is 0 Å². The van der Waals surface area contributed by atoms with Crippen LogP contribution in [0.3, 0.4) is 0 Å². The third-order valence-electron chi connectivity index (χ3n) is 2.84. The van der Waals surface area contributed by atoms with E-state index in [1.54, 1.807) is 31.3 Å². The fourth-order valence-electron chi connectivity index (χ4n) is 1.72. The molecule has 0 radical (unpaired) electrons. The van der Waals surface area contributed by atoms with Crippen LogP contribution in [-0.2, 0) is 11.2 Å². The van der Waals surface area contributed by atoms with Crippen LogP contribution in [0.5, 0.6) is 0 Å². The Morgan fingerprint density at radius 3 is 2.80 bits per heavy atom. The number of nitriles is 1. The van der Waals surface area contributed by atoms with Gasteiger partial charge in [-0.2, -0.15) is 5.26 Å². The predicted molar refractivity (Wildman–Crippen MR) is 72.5 cm³/mol. The number of amides is 1. The van der Waals surface area contributed by atoms with E-state index in [-0.39, 0.29) is 18.1 Å². The lowest BCUT2D eigenvalue weighted by Gasteiger charge is -2.16. The van der Waals surface area contributed by atoms with Crippen molar-refractivity contribution >= 4 is 11.7 Å². The van der Waals surface area contributed by atoms with E-state index in [4.69, 9.17) is 5.26 Å². The van der Waals surface area contributed by atoms with Gasteiger partial charge in [0.1, 0.15) is 17.7 Å². The van der Waals surface area contributed by atoms with Crippen molar-refractivity contribution < 1.29 is 9.18 Å². The molecule has 0 aliphatic rings. The van der Waals surface area contributed by atoms with Gasteiger partial charge in [0.2, 0.25) is 5.91 Å². The first-order valence-electron chi connectivity index (χ1n) is 5.97. The van der Waals surface area contributed by atoms with Gasteiger partial charge < -0.3 is 0 Å². The summed E-state index contributed by atoms with van der Waals surface area (Å²) in [7, 11) is 1.59. The van der Waals surface area contributed by atoms with Gasteiger partial charge in [-0.05, 0) is 29.8 Å². The molecule has 2 rings (SSSR count). The average molecular weight is 269 g/mol. The molecule has 0 N–H and O–H groups in total. The second kappa shape index (κ2) is 5.93. The number of benzene rings is 1. The first-order chi connectivity index (χ1) is 9.60. The summed E-state index contributed by atoms with van der Waals surface area (Å²) in [4.78, 5) is 17.5. The molecule has 1 amide bonds. The van der Waals surface area contributed by atoms with Gasteiger partial charge in [0.05, 0.1) is 12.0 Å². The SMILES string of the molecule is CN(C(=O)Cc1cccc(F)c1)c1ccc(C#N)cn1. The highest BCUT2D eigenvalue weighted by Gasteiger charge is 2.13. The van der Waals surface area contributed by atoms with E-state index in [9.17, 15) is 9.18 Å². The molecule has 4 nitrogen and oxygen atoms in total. The average Bonchev–Trinajstić information content (AvgIpc) is 2.46. The van der Waals surface area contributed by atoms with Crippen molar-refractivity contribution in [2.45, 2.75) is 6.42 Å². The zero-order valence-electron chi connectivity index (χ0n) is 10.9. The Labute approximate surface area is 116 Å². The molecule has 0 saturated heterocycles. The quantitative estimate of drug-likeness (QED) is 0.859. The van der Waals surface area contributed by atoms with E-state index in [0.29, 0.717) is 16.9 Å². The van der Waals surface area contributed by atoms with Crippen LogP contribution in [0.15, 0.2) is 42.6 Å². The van der Waals surface area contributed by atoms with Crippen LogP contribution in [0.1, 0.15) is 11.1 Å². The van der Waals surface area contributed by atoms with Crippen LogP contribution in [0.4, 0.5) is 10.2 Å². The van der Waals surface area contributed by atoms with E-state index in [0.717, 1.165) is 0 Å². The largest absolute Gasteiger partial charge is 0.300 e. The lowest BCUT2D eigenvalue weighted by Crippen LogP contribution is -2.28. The van der Waals surface area contributed by atoms with Gasteiger partial charge in [0.15, 0.2) is 0 Å². The maximum Gasteiger partial charge on any atom is 0.232 e. The number of nitrogens with zero attached hydrogens (tertiary/aromatic N) is 3.